The van der Waals surface area contributed by atoms with Crippen LogP contribution in [0.4, 0.5) is 5.95 Å². The quantitative estimate of drug-likeness (QED) is 0.623. The summed E-state index contributed by atoms with van der Waals surface area (Å²) in [6.45, 7) is 2.74. The van der Waals surface area contributed by atoms with Gasteiger partial charge in [0.2, 0.25) is 5.95 Å². The van der Waals surface area contributed by atoms with E-state index in [1.807, 2.05) is 24.3 Å². The number of unbranched alkanes of at least 4 members (excludes halogenated alkanes) is 3. The van der Waals surface area contributed by atoms with Crippen LogP contribution in [0.2, 0.25) is 0 Å². The topological polar surface area (TPSA) is 70.1 Å². The lowest BCUT2D eigenvalue weighted by Gasteiger charge is -2.07. The highest BCUT2D eigenvalue weighted by molar-refractivity contribution is 5.80. The lowest BCUT2D eigenvalue weighted by molar-refractivity contribution is -0.144. The van der Waals surface area contributed by atoms with Gasteiger partial charge in [0.1, 0.15) is 6.54 Å². The Kier molecular flexibility index (Phi) is 4.98. The maximum atomic E-state index is 11.8. The summed E-state index contributed by atoms with van der Waals surface area (Å²) in [5.41, 5.74) is 7.49. The maximum Gasteiger partial charge on any atom is 0.326 e. The average molecular weight is 275 g/mol. The molecule has 0 radical (unpaired) electrons. The Morgan fingerprint density at radius 3 is 2.90 bits per heavy atom. The van der Waals surface area contributed by atoms with Crippen molar-refractivity contribution in [1.29, 1.82) is 0 Å². The lowest BCUT2D eigenvalue weighted by atomic mass is 10.2. The van der Waals surface area contributed by atoms with Gasteiger partial charge in [0.05, 0.1) is 17.6 Å². The molecule has 1 aromatic heterocycles. The summed E-state index contributed by atoms with van der Waals surface area (Å²) in [6.07, 6.45) is 4.36. The average Bonchev–Trinajstić information content (AvgIpc) is 2.75. The minimum Gasteiger partial charge on any atom is -0.464 e. The summed E-state index contributed by atoms with van der Waals surface area (Å²) in [7, 11) is 0. The zero-order valence-corrected chi connectivity index (χ0v) is 11.8. The molecule has 0 aliphatic rings. The molecule has 2 aromatic rings. The third-order valence-electron chi connectivity index (χ3n) is 3.23. The number of rotatable bonds is 7. The van der Waals surface area contributed by atoms with Gasteiger partial charge in [-0.05, 0) is 18.6 Å². The van der Waals surface area contributed by atoms with Crippen molar-refractivity contribution in [2.75, 3.05) is 12.3 Å². The number of hydrogen-bond donors (Lipinski definition) is 1. The van der Waals surface area contributed by atoms with Crippen molar-refractivity contribution in [1.82, 2.24) is 9.55 Å². The number of esters is 1. The van der Waals surface area contributed by atoms with Crippen LogP contribution in [0.1, 0.15) is 32.6 Å². The first-order chi connectivity index (χ1) is 9.72. The second-order valence-corrected chi connectivity index (χ2v) is 4.83. The van der Waals surface area contributed by atoms with Crippen LogP contribution in [0.5, 0.6) is 0 Å². The fourth-order valence-corrected chi connectivity index (χ4v) is 2.15. The van der Waals surface area contributed by atoms with Crippen LogP contribution in [0.25, 0.3) is 11.0 Å². The van der Waals surface area contributed by atoms with E-state index in [2.05, 4.69) is 11.9 Å². The van der Waals surface area contributed by atoms with E-state index in [-0.39, 0.29) is 12.5 Å². The third kappa shape index (κ3) is 3.50. The number of imidazole rings is 1. The number of anilines is 1. The molecule has 0 aliphatic carbocycles. The second-order valence-electron chi connectivity index (χ2n) is 4.83. The van der Waals surface area contributed by atoms with E-state index in [1.54, 1.807) is 4.57 Å². The van der Waals surface area contributed by atoms with Crippen LogP contribution in [0.3, 0.4) is 0 Å². The zero-order valence-electron chi connectivity index (χ0n) is 11.8. The Morgan fingerprint density at radius 1 is 1.30 bits per heavy atom. The molecular formula is C15H21N3O2. The number of nitrogen functional groups attached to an aromatic ring is 1. The Labute approximate surface area is 118 Å². The van der Waals surface area contributed by atoms with Gasteiger partial charge in [-0.15, -0.1) is 0 Å². The van der Waals surface area contributed by atoms with E-state index in [0.29, 0.717) is 12.6 Å². The number of nitrogens with zero attached hydrogens (tertiary/aromatic N) is 2. The van der Waals surface area contributed by atoms with Crippen LogP contribution >= 0.6 is 0 Å². The number of carbonyl (C=O) groups is 1. The molecule has 0 spiro atoms. The number of hydrogen-bond acceptors (Lipinski definition) is 4. The first-order valence-corrected chi connectivity index (χ1v) is 7.08. The largest absolute Gasteiger partial charge is 0.464 e. The number of fused-ring (bicyclic) bond motifs is 1. The molecule has 0 atom stereocenters. The number of para-hydroxylation sites is 2. The summed E-state index contributed by atoms with van der Waals surface area (Å²) in [4.78, 5) is 16.0. The standard InChI is InChI=1S/C15H21N3O2/c1-2-3-4-7-10-20-14(19)11-18-13-9-6-5-8-12(13)17-15(18)16/h5-6,8-9H,2-4,7,10-11H2,1H3,(H2,16,17). The third-order valence-corrected chi connectivity index (χ3v) is 3.23. The van der Waals surface area contributed by atoms with Gasteiger partial charge in [0.15, 0.2) is 0 Å². The van der Waals surface area contributed by atoms with Crippen molar-refractivity contribution < 1.29 is 9.53 Å². The normalized spacial score (nSPS) is 10.8. The highest BCUT2D eigenvalue weighted by Crippen LogP contribution is 2.17. The highest BCUT2D eigenvalue weighted by atomic mass is 16.5. The fourth-order valence-electron chi connectivity index (χ4n) is 2.15. The Bertz CT molecular complexity index is 578. The fraction of sp³-hybridized carbons (Fsp3) is 0.467. The lowest BCUT2D eigenvalue weighted by Crippen LogP contribution is -2.15. The SMILES string of the molecule is CCCCCCOC(=O)Cn1c(N)nc2ccccc21. The molecule has 5 nitrogen and oxygen atoms in total. The molecule has 2 rings (SSSR count). The minimum atomic E-state index is -0.267. The minimum absolute atomic E-state index is 0.111. The number of carbonyl (C=O) groups excluding carboxylic acids is 1. The predicted molar refractivity (Wildman–Crippen MR) is 79.2 cm³/mol. The van der Waals surface area contributed by atoms with Crippen LogP contribution in [0.15, 0.2) is 24.3 Å². The second kappa shape index (κ2) is 6.93. The van der Waals surface area contributed by atoms with E-state index in [9.17, 15) is 4.79 Å². The number of aromatic nitrogens is 2. The van der Waals surface area contributed by atoms with Crippen LogP contribution in [-0.2, 0) is 16.1 Å². The van der Waals surface area contributed by atoms with Gasteiger partial charge >= 0.3 is 5.97 Å². The van der Waals surface area contributed by atoms with E-state index in [4.69, 9.17) is 10.5 Å². The molecule has 0 bridgehead atoms. The molecule has 0 amide bonds. The zero-order chi connectivity index (χ0) is 14.4. The van der Waals surface area contributed by atoms with Crippen molar-refractivity contribution in [3.8, 4) is 0 Å². The highest BCUT2D eigenvalue weighted by Gasteiger charge is 2.11. The van der Waals surface area contributed by atoms with Gasteiger partial charge in [0, 0.05) is 0 Å². The van der Waals surface area contributed by atoms with E-state index in [0.717, 1.165) is 23.9 Å². The monoisotopic (exact) mass is 275 g/mol. The molecule has 0 saturated carbocycles. The van der Waals surface area contributed by atoms with Crippen molar-refractivity contribution in [3.05, 3.63) is 24.3 Å². The van der Waals surface area contributed by atoms with E-state index >= 15 is 0 Å². The molecular weight excluding hydrogens is 254 g/mol. The summed E-state index contributed by atoms with van der Waals surface area (Å²) >= 11 is 0. The molecule has 0 aliphatic heterocycles. The van der Waals surface area contributed by atoms with Crippen LogP contribution in [-0.4, -0.2) is 22.1 Å². The van der Waals surface area contributed by atoms with Crippen LogP contribution in [0, 0.1) is 0 Å². The Hall–Kier alpha value is -2.04. The van der Waals surface area contributed by atoms with Crippen molar-refractivity contribution in [3.63, 3.8) is 0 Å². The van der Waals surface area contributed by atoms with E-state index < -0.39 is 0 Å². The maximum absolute atomic E-state index is 11.8. The Balaban J connectivity index is 1.91. The van der Waals surface area contributed by atoms with Gasteiger partial charge in [-0.1, -0.05) is 38.3 Å². The van der Waals surface area contributed by atoms with Gasteiger partial charge < -0.3 is 10.5 Å². The Morgan fingerprint density at radius 2 is 2.10 bits per heavy atom. The van der Waals surface area contributed by atoms with E-state index in [1.165, 1.54) is 12.8 Å². The molecule has 0 fully saturated rings. The number of ether oxygens (including phenoxy) is 1. The van der Waals surface area contributed by atoms with Gasteiger partial charge in [-0.2, -0.15) is 0 Å². The smallest absolute Gasteiger partial charge is 0.326 e. The molecule has 108 valence electrons. The summed E-state index contributed by atoms with van der Waals surface area (Å²) < 4.78 is 6.91. The molecule has 5 heteroatoms. The number of benzene rings is 1. The predicted octanol–water partition coefficient (Wildman–Crippen LogP) is 2.74. The number of nitrogens with two attached hydrogens (primary N) is 1. The van der Waals surface area contributed by atoms with Crippen molar-refractivity contribution in [2.45, 2.75) is 39.2 Å². The molecule has 20 heavy (non-hydrogen) atoms. The molecule has 1 heterocycles. The summed E-state index contributed by atoms with van der Waals surface area (Å²) in [6, 6.07) is 7.56. The van der Waals surface area contributed by atoms with Crippen LogP contribution < -0.4 is 5.73 Å². The summed E-state index contributed by atoms with van der Waals surface area (Å²) in [5.74, 6) is 0.0745. The first-order valence-electron chi connectivity index (χ1n) is 7.08. The molecule has 2 N–H and O–H groups in total. The molecule has 1 aromatic carbocycles. The van der Waals surface area contributed by atoms with Gasteiger partial charge in [-0.25, -0.2) is 4.98 Å². The summed E-state index contributed by atoms with van der Waals surface area (Å²) in [5, 5.41) is 0. The first kappa shape index (κ1) is 14.4. The molecule has 0 saturated heterocycles. The van der Waals surface area contributed by atoms with Crippen molar-refractivity contribution in [2.24, 2.45) is 0 Å². The van der Waals surface area contributed by atoms with Gasteiger partial charge in [-0.3, -0.25) is 9.36 Å². The van der Waals surface area contributed by atoms with Crippen molar-refractivity contribution >= 4 is 23.0 Å². The van der Waals surface area contributed by atoms with Gasteiger partial charge in [0.25, 0.3) is 0 Å². The molecule has 0 unspecified atom stereocenters.